The van der Waals surface area contributed by atoms with E-state index in [2.05, 4.69) is 59.9 Å². The fraction of sp³-hybridized carbons (Fsp3) is 0.167. The number of benzene rings is 1. The number of nitrogens with zero attached hydrogens (tertiary/aromatic N) is 2. The van der Waals surface area contributed by atoms with Crippen molar-refractivity contribution in [1.82, 2.24) is 9.97 Å². The SMILES string of the molecule is CNc1nc(CSc2ccccc2Br)ncc1I. The lowest BCUT2D eigenvalue weighted by molar-refractivity contribution is 1.02. The highest BCUT2D eigenvalue weighted by Gasteiger charge is 2.05. The van der Waals surface area contributed by atoms with Crippen molar-refractivity contribution in [3.05, 3.63) is 44.3 Å². The van der Waals surface area contributed by atoms with Gasteiger partial charge in [0.1, 0.15) is 11.6 Å². The van der Waals surface area contributed by atoms with E-state index in [-0.39, 0.29) is 0 Å². The van der Waals surface area contributed by atoms with Crippen LogP contribution in [0.2, 0.25) is 0 Å². The van der Waals surface area contributed by atoms with Gasteiger partial charge >= 0.3 is 0 Å². The van der Waals surface area contributed by atoms with Gasteiger partial charge in [-0.1, -0.05) is 12.1 Å². The average Bonchev–Trinajstić information content (AvgIpc) is 2.39. The molecular formula is C12H11BrIN3S. The van der Waals surface area contributed by atoms with Crippen LogP contribution in [0.15, 0.2) is 39.8 Å². The summed E-state index contributed by atoms with van der Waals surface area (Å²) in [6.07, 6.45) is 1.84. The zero-order valence-corrected chi connectivity index (χ0v) is 14.2. The molecule has 1 aromatic heterocycles. The number of halogens is 2. The third kappa shape index (κ3) is 3.58. The van der Waals surface area contributed by atoms with E-state index in [1.807, 2.05) is 31.4 Å². The maximum atomic E-state index is 4.47. The van der Waals surface area contributed by atoms with E-state index in [1.165, 1.54) is 4.90 Å². The number of aromatic nitrogens is 2. The summed E-state index contributed by atoms with van der Waals surface area (Å²) in [6.45, 7) is 0. The van der Waals surface area contributed by atoms with Gasteiger partial charge in [0.2, 0.25) is 0 Å². The van der Waals surface area contributed by atoms with Gasteiger partial charge in [-0.25, -0.2) is 9.97 Å². The predicted molar refractivity (Wildman–Crippen MR) is 88.0 cm³/mol. The molecule has 0 unspecified atom stereocenters. The molecule has 2 aromatic rings. The van der Waals surface area contributed by atoms with Crippen LogP contribution < -0.4 is 5.32 Å². The smallest absolute Gasteiger partial charge is 0.142 e. The first-order valence-electron chi connectivity index (χ1n) is 5.27. The summed E-state index contributed by atoms with van der Waals surface area (Å²) in [6, 6.07) is 8.16. The Hall–Kier alpha value is -0.340. The zero-order chi connectivity index (χ0) is 13.0. The van der Waals surface area contributed by atoms with E-state index in [9.17, 15) is 0 Å². The molecule has 0 aliphatic heterocycles. The number of anilines is 1. The van der Waals surface area contributed by atoms with Crippen molar-refractivity contribution in [2.75, 3.05) is 12.4 Å². The van der Waals surface area contributed by atoms with Crippen LogP contribution in [0.4, 0.5) is 5.82 Å². The Balaban J connectivity index is 2.09. The highest BCUT2D eigenvalue weighted by atomic mass is 127. The lowest BCUT2D eigenvalue weighted by Gasteiger charge is -2.06. The van der Waals surface area contributed by atoms with E-state index in [4.69, 9.17) is 0 Å². The van der Waals surface area contributed by atoms with Crippen LogP contribution in [0.5, 0.6) is 0 Å². The van der Waals surface area contributed by atoms with E-state index < -0.39 is 0 Å². The van der Waals surface area contributed by atoms with Gasteiger partial charge in [-0.3, -0.25) is 0 Å². The van der Waals surface area contributed by atoms with Gasteiger partial charge in [-0.15, -0.1) is 11.8 Å². The molecule has 0 radical (unpaired) electrons. The molecule has 0 atom stereocenters. The number of hydrogen-bond acceptors (Lipinski definition) is 4. The third-order valence-corrected chi connectivity index (χ3v) is 5.04. The van der Waals surface area contributed by atoms with Crippen molar-refractivity contribution in [2.24, 2.45) is 0 Å². The Morgan fingerprint density at radius 3 is 2.89 bits per heavy atom. The van der Waals surface area contributed by atoms with Crippen LogP contribution >= 0.6 is 50.3 Å². The largest absolute Gasteiger partial charge is 0.372 e. The summed E-state index contributed by atoms with van der Waals surface area (Å²) >= 11 is 7.48. The van der Waals surface area contributed by atoms with Gasteiger partial charge in [-0.2, -0.15) is 0 Å². The summed E-state index contributed by atoms with van der Waals surface area (Å²) in [5, 5.41) is 3.07. The number of rotatable bonds is 4. The molecule has 0 spiro atoms. The van der Waals surface area contributed by atoms with Crippen LogP contribution in [0.3, 0.4) is 0 Å². The highest BCUT2D eigenvalue weighted by molar-refractivity contribution is 14.1. The van der Waals surface area contributed by atoms with Crippen molar-refractivity contribution in [2.45, 2.75) is 10.6 Å². The molecule has 1 aromatic carbocycles. The molecule has 3 nitrogen and oxygen atoms in total. The number of thioether (sulfide) groups is 1. The van der Waals surface area contributed by atoms with Gasteiger partial charge in [0.25, 0.3) is 0 Å². The van der Waals surface area contributed by atoms with E-state index in [1.54, 1.807) is 11.8 Å². The van der Waals surface area contributed by atoms with Gasteiger partial charge in [0.15, 0.2) is 0 Å². The van der Waals surface area contributed by atoms with E-state index in [0.29, 0.717) is 0 Å². The monoisotopic (exact) mass is 435 g/mol. The Morgan fingerprint density at radius 1 is 1.39 bits per heavy atom. The second-order valence-corrected chi connectivity index (χ2v) is 6.49. The fourth-order valence-electron chi connectivity index (χ4n) is 1.35. The van der Waals surface area contributed by atoms with Crippen molar-refractivity contribution in [3.8, 4) is 0 Å². The first-order valence-corrected chi connectivity index (χ1v) is 8.13. The molecule has 0 saturated carbocycles. The summed E-state index contributed by atoms with van der Waals surface area (Å²) < 4.78 is 2.14. The van der Waals surface area contributed by atoms with E-state index >= 15 is 0 Å². The molecule has 0 saturated heterocycles. The quantitative estimate of drug-likeness (QED) is 0.577. The molecule has 94 valence electrons. The van der Waals surface area contributed by atoms with Crippen LogP contribution in [0, 0.1) is 3.57 Å². The number of hydrogen-bond donors (Lipinski definition) is 1. The Kier molecular flexibility index (Phi) is 5.25. The standard InChI is InChI=1S/C12H11BrIN3S/c1-15-12-9(14)6-16-11(17-12)7-18-10-5-3-2-4-8(10)13/h2-6H,7H2,1H3,(H,15,16,17). The van der Waals surface area contributed by atoms with Crippen molar-refractivity contribution in [3.63, 3.8) is 0 Å². The lowest BCUT2D eigenvalue weighted by Crippen LogP contribution is -2.01. The van der Waals surface area contributed by atoms with Crippen LogP contribution in [-0.2, 0) is 5.75 Å². The average molecular weight is 436 g/mol. The van der Waals surface area contributed by atoms with Crippen LogP contribution in [0.1, 0.15) is 5.82 Å². The molecule has 6 heteroatoms. The summed E-state index contributed by atoms with van der Waals surface area (Å²) in [7, 11) is 1.87. The third-order valence-electron chi connectivity index (χ3n) is 2.22. The normalized spacial score (nSPS) is 10.4. The maximum absolute atomic E-state index is 4.47. The maximum Gasteiger partial charge on any atom is 0.142 e. The molecule has 0 aliphatic carbocycles. The zero-order valence-electron chi connectivity index (χ0n) is 9.65. The van der Waals surface area contributed by atoms with Gasteiger partial charge < -0.3 is 5.32 Å². The molecule has 0 bridgehead atoms. The van der Waals surface area contributed by atoms with E-state index in [0.717, 1.165) is 25.4 Å². The minimum absolute atomic E-state index is 0.758. The van der Waals surface area contributed by atoms with Crippen molar-refractivity contribution < 1.29 is 0 Å². The first-order chi connectivity index (χ1) is 8.70. The summed E-state index contributed by atoms with van der Waals surface area (Å²) in [4.78, 5) is 10.0. The molecule has 18 heavy (non-hydrogen) atoms. The summed E-state index contributed by atoms with van der Waals surface area (Å²) in [5.41, 5.74) is 0. The van der Waals surface area contributed by atoms with Gasteiger partial charge in [0, 0.05) is 22.6 Å². The highest BCUT2D eigenvalue weighted by Crippen LogP contribution is 2.29. The molecule has 1 N–H and O–H groups in total. The molecular weight excluding hydrogens is 425 g/mol. The first kappa shape index (κ1) is 14.1. The second-order valence-electron chi connectivity index (χ2n) is 3.45. The topological polar surface area (TPSA) is 37.8 Å². The Labute approximate surface area is 132 Å². The fourth-order valence-corrected chi connectivity index (χ4v) is 3.31. The van der Waals surface area contributed by atoms with Crippen molar-refractivity contribution >= 4 is 56.1 Å². The minimum atomic E-state index is 0.758. The number of nitrogens with one attached hydrogen (secondary N) is 1. The second kappa shape index (κ2) is 6.72. The molecule has 0 amide bonds. The van der Waals surface area contributed by atoms with Gasteiger partial charge in [0.05, 0.1) is 9.32 Å². The predicted octanol–water partition coefficient (Wildman–Crippen LogP) is 4.18. The minimum Gasteiger partial charge on any atom is -0.372 e. The lowest BCUT2D eigenvalue weighted by atomic mass is 10.4. The van der Waals surface area contributed by atoms with Crippen LogP contribution in [-0.4, -0.2) is 17.0 Å². The molecule has 0 fully saturated rings. The summed E-state index contributed by atoms with van der Waals surface area (Å²) in [5.74, 6) is 2.47. The Morgan fingerprint density at radius 2 is 2.17 bits per heavy atom. The molecule has 0 aliphatic rings. The van der Waals surface area contributed by atoms with Crippen LogP contribution in [0.25, 0.3) is 0 Å². The van der Waals surface area contributed by atoms with Crippen molar-refractivity contribution in [1.29, 1.82) is 0 Å². The Bertz CT molecular complexity index is 551. The molecule has 1 heterocycles. The molecule has 2 rings (SSSR count). The van der Waals surface area contributed by atoms with Gasteiger partial charge in [-0.05, 0) is 50.7 Å².